The van der Waals surface area contributed by atoms with Crippen molar-refractivity contribution < 1.29 is 8.42 Å². The van der Waals surface area contributed by atoms with Crippen molar-refractivity contribution in [3.63, 3.8) is 0 Å². The number of piperidine rings is 1. The van der Waals surface area contributed by atoms with Crippen LogP contribution in [0.2, 0.25) is 0 Å². The van der Waals surface area contributed by atoms with Gasteiger partial charge in [-0.25, -0.2) is 13.1 Å². The van der Waals surface area contributed by atoms with E-state index >= 15 is 0 Å². The second-order valence-corrected chi connectivity index (χ2v) is 8.28. The SMILES string of the molecule is N=C(N)CN1CCC(NS(=O)(=O)CC2CCCCC2)CC1. The first-order chi connectivity index (χ1) is 9.94. The van der Waals surface area contributed by atoms with Crippen molar-refractivity contribution in [3.8, 4) is 0 Å². The van der Waals surface area contributed by atoms with E-state index in [9.17, 15) is 8.42 Å². The van der Waals surface area contributed by atoms with Crippen molar-refractivity contribution in [1.29, 1.82) is 5.41 Å². The molecule has 21 heavy (non-hydrogen) atoms. The van der Waals surface area contributed by atoms with Gasteiger partial charge in [-0.3, -0.25) is 10.3 Å². The Bertz CT molecular complexity index is 438. The first-order valence-corrected chi connectivity index (χ1v) is 9.65. The Morgan fingerprint density at radius 2 is 1.76 bits per heavy atom. The standard InChI is InChI=1S/C14H28N4O2S/c15-14(16)10-18-8-6-13(7-9-18)17-21(19,20)11-12-4-2-1-3-5-12/h12-13,17H,1-11H2,(H3,15,16). The van der Waals surface area contributed by atoms with Gasteiger partial charge >= 0.3 is 0 Å². The van der Waals surface area contributed by atoms with Gasteiger partial charge in [0, 0.05) is 19.1 Å². The van der Waals surface area contributed by atoms with Gasteiger partial charge in [0.2, 0.25) is 10.0 Å². The van der Waals surface area contributed by atoms with Crippen molar-refractivity contribution in [2.45, 2.75) is 51.0 Å². The summed E-state index contributed by atoms with van der Waals surface area (Å²) in [4.78, 5) is 2.11. The minimum absolute atomic E-state index is 0.0433. The summed E-state index contributed by atoms with van der Waals surface area (Å²) in [6.07, 6.45) is 7.30. The van der Waals surface area contributed by atoms with E-state index in [1.807, 2.05) is 0 Å². The molecule has 122 valence electrons. The molecule has 0 atom stereocenters. The number of hydrogen-bond donors (Lipinski definition) is 3. The molecule has 1 saturated carbocycles. The highest BCUT2D eigenvalue weighted by Crippen LogP contribution is 2.25. The van der Waals surface area contributed by atoms with Gasteiger partial charge in [-0.1, -0.05) is 19.3 Å². The number of nitrogens with one attached hydrogen (secondary N) is 2. The number of amidine groups is 1. The van der Waals surface area contributed by atoms with Gasteiger partial charge in [0.05, 0.1) is 12.3 Å². The molecule has 0 spiro atoms. The molecule has 0 bridgehead atoms. The average molecular weight is 316 g/mol. The van der Waals surface area contributed by atoms with E-state index in [-0.39, 0.29) is 11.9 Å². The van der Waals surface area contributed by atoms with E-state index in [4.69, 9.17) is 11.1 Å². The van der Waals surface area contributed by atoms with Crippen LogP contribution in [0.4, 0.5) is 0 Å². The topological polar surface area (TPSA) is 99.3 Å². The number of hydrogen-bond acceptors (Lipinski definition) is 4. The average Bonchev–Trinajstić information content (AvgIpc) is 2.40. The molecule has 0 radical (unpaired) electrons. The normalized spacial score (nSPS) is 23.2. The van der Waals surface area contributed by atoms with Crippen LogP contribution < -0.4 is 10.5 Å². The molecule has 0 aromatic carbocycles. The Morgan fingerprint density at radius 3 is 2.33 bits per heavy atom. The summed E-state index contributed by atoms with van der Waals surface area (Å²) in [6, 6.07) is 0.0433. The maximum atomic E-state index is 12.2. The van der Waals surface area contributed by atoms with E-state index < -0.39 is 10.0 Å². The molecule has 6 nitrogen and oxygen atoms in total. The van der Waals surface area contributed by atoms with Crippen LogP contribution in [0.5, 0.6) is 0 Å². The highest BCUT2D eigenvalue weighted by molar-refractivity contribution is 7.89. The molecule has 2 fully saturated rings. The summed E-state index contributed by atoms with van der Waals surface area (Å²) in [7, 11) is -3.16. The number of sulfonamides is 1. The largest absolute Gasteiger partial charge is 0.387 e. The third kappa shape index (κ3) is 5.92. The van der Waals surface area contributed by atoms with Crippen LogP contribution in [0.25, 0.3) is 0 Å². The summed E-state index contributed by atoms with van der Waals surface area (Å²) in [5, 5.41) is 7.29. The van der Waals surface area contributed by atoms with E-state index in [1.165, 1.54) is 19.3 Å². The van der Waals surface area contributed by atoms with Crippen molar-refractivity contribution in [2.75, 3.05) is 25.4 Å². The number of nitrogens with two attached hydrogens (primary N) is 1. The highest BCUT2D eigenvalue weighted by Gasteiger charge is 2.26. The molecule has 0 aromatic rings. The van der Waals surface area contributed by atoms with Crippen LogP contribution >= 0.6 is 0 Å². The summed E-state index contributed by atoms with van der Waals surface area (Å²) in [5.74, 6) is 0.807. The van der Waals surface area contributed by atoms with Crippen LogP contribution in [0.15, 0.2) is 0 Å². The Hall–Kier alpha value is -0.660. The lowest BCUT2D eigenvalue weighted by molar-refractivity contribution is 0.231. The molecular weight excluding hydrogens is 288 g/mol. The third-order valence-electron chi connectivity index (χ3n) is 4.51. The Morgan fingerprint density at radius 1 is 1.14 bits per heavy atom. The molecule has 1 heterocycles. The zero-order valence-corrected chi connectivity index (χ0v) is 13.5. The van der Waals surface area contributed by atoms with Crippen molar-refractivity contribution in [1.82, 2.24) is 9.62 Å². The van der Waals surface area contributed by atoms with Crippen molar-refractivity contribution >= 4 is 15.9 Å². The van der Waals surface area contributed by atoms with Crippen LogP contribution in [0, 0.1) is 11.3 Å². The molecular formula is C14H28N4O2S. The zero-order valence-electron chi connectivity index (χ0n) is 12.7. The van der Waals surface area contributed by atoms with Gasteiger partial charge in [-0.15, -0.1) is 0 Å². The minimum Gasteiger partial charge on any atom is -0.387 e. The van der Waals surface area contributed by atoms with Gasteiger partial charge in [0.25, 0.3) is 0 Å². The number of likely N-dealkylation sites (tertiary alicyclic amines) is 1. The predicted octanol–water partition coefficient (Wildman–Crippen LogP) is 0.886. The summed E-state index contributed by atoms with van der Waals surface area (Å²) < 4.78 is 27.4. The predicted molar refractivity (Wildman–Crippen MR) is 84.9 cm³/mol. The van der Waals surface area contributed by atoms with E-state index in [1.54, 1.807) is 0 Å². The minimum atomic E-state index is -3.16. The van der Waals surface area contributed by atoms with Crippen LogP contribution in [-0.4, -0.2) is 50.6 Å². The van der Waals surface area contributed by atoms with E-state index in [2.05, 4.69) is 9.62 Å². The van der Waals surface area contributed by atoms with Crippen molar-refractivity contribution in [3.05, 3.63) is 0 Å². The molecule has 0 amide bonds. The maximum absolute atomic E-state index is 12.2. The maximum Gasteiger partial charge on any atom is 0.212 e. The van der Waals surface area contributed by atoms with Crippen molar-refractivity contribution in [2.24, 2.45) is 11.7 Å². The monoisotopic (exact) mass is 316 g/mol. The van der Waals surface area contributed by atoms with Gasteiger partial charge in [0.1, 0.15) is 5.84 Å². The number of nitrogens with zero attached hydrogens (tertiary/aromatic N) is 1. The second-order valence-electron chi connectivity index (χ2n) is 6.48. The Balaban J connectivity index is 1.75. The fourth-order valence-corrected chi connectivity index (χ4v) is 5.21. The molecule has 0 unspecified atom stereocenters. The van der Waals surface area contributed by atoms with Crippen LogP contribution in [0.1, 0.15) is 44.9 Å². The lowest BCUT2D eigenvalue weighted by Gasteiger charge is -2.32. The second kappa shape index (κ2) is 7.56. The lowest BCUT2D eigenvalue weighted by atomic mass is 9.91. The lowest BCUT2D eigenvalue weighted by Crippen LogP contribution is -2.47. The van der Waals surface area contributed by atoms with Gasteiger partial charge < -0.3 is 5.73 Å². The fraction of sp³-hybridized carbons (Fsp3) is 0.929. The van der Waals surface area contributed by atoms with Gasteiger partial charge in [-0.2, -0.15) is 0 Å². The van der Waals surface area contributed by atoms with E-state index in [0.717, 1.165) is 38.8 Å². The zero-order chi connectivity index (χ0) is 15.3. The summed E-state index contributed by atoms with van der Waals surface area (Å²) in [5.41, 5.74) is 5.39. The van der Waals surface area contributed by atoms with Crippen LogP contribution in [-0.2, 0) is 10.0 Å². The first-order valence-electron chi connectivity index (χ1n) is 8.00. The summed E-state index contributed by atoms with van der Waals surface area (Å²) >= 11 is 0. The molecule has 1 aliphatic heterocycles. The Kier molecular flexibility index (Phi) is 6.01. The smallest absolute Gasteiger partial charge is 0.212 e. The van der Waals surface area contributed by atoms with Crippen LogP contribution in [0.3, 0.4) is 0 Å². The quantitative estimate of drug-likeness (QED) is 0.500. The Labute approximate surface area is 128 Å². The molecule has 1 aliphatic carbocycles. The first kappa shape index (κ1) is 16.7. The molecule has 7 heteroatoms. The molecule has 0 aromatic heterocycles. The van der Waals surface area contributed by atoms with Gasteiger partial charge in [0.15, 0.2) is 0 Å². The highest BCUT2D eigenvalue weighted by atomic mass is 32.2. The molecule has 1 saturated heterocycles. The number of rotatable bonds is 6. The summed E-state index contributed by atoms with van der Waals surface area (Å²) in [6.45, 7) is 2.09. The molecule has 2 aliphatic rings. The molecule has 4 N–H and O–H groups in total. The van der Waals surface area contributed by atoms with Gasteiger partial charge in [-0.05, 0) is 31.6 Å². The fourth-order valence-electron chi connectivity index (χ4n) is 3.42. The third-order valence-corrected chi connectivity index (χ3v) is 6.11. The molecule has 2 rings (SSSR count). The van der Waals surface area contributed by atoms with E-state index in [0.29, 0.717) is 18.2 Å².